The zero-order valence-electron chi connectivity index (χ0n) is 30.7. The highest BCUT2D eigenvalue weighted by Crippen LogP contribution is 2.16. The third-order valence-corrected chi connectivity index (χ3v) is 8.95. The van der Waals surface area contributed by atoms with E-state index in [0.29, 0.717) is 12.8 Å². The Labute approximate surface area is 280 Å². The smallest absolute Gasteiger partial charge is 0.305 e. The van der Waals surface area contributed by atoms with E-state index in [1.807, 2.05) is 0 Å². The van der Waals surface area contributed by atoms with Crippen LogP contribution in [0.5, 0.6) is 0 Å². The van der Waals surface area contributed by atoms with Gasteiger partial charge >= 0.3 is 11.9 Å². The Balaban J connectivity index is 3.38. The van der Waals surface area contributed by atoms with Gasteiger partial charge in [-0.2, -0.15) is 0 Å². The van der Waals surface area contributed by atoms with E-state index < -0.39 is 6.10 Å². The van der Waals surface area contributed by atoms with Crippen LogP contribution in [0.2, 0.25) is 0 Å². The summed E-state index contributed by atoms with van der Waals surface area (Å²) in [5, 5.41) is 10.0. The number of hydrogen-bond acceptors (Lipinski definition) is 5. The molecule has 0 aromatic rings. The van der Waals surface area contributed by atoms with Gasteiger partial charge in [-0.25, -0.2) is 0 Å². The number of aliphatic hydroxyl groups excluding tert-OH is 1. The van der Waals surface area contributed by atoms with Gasteiger partial charge in [-0.15, -0.1) is 0 Å². The Morgan fingerprint density at radius 2 is 0.622 bits per heavy atom. The van der Waals surface area contributed by atoms with Gasteiger partial charge in [0.15, 0.2) is 0 Å². The van der Waals surface area contributed by atoms with Crippen LogP contribution in [-0.4, -0.2) is 36.4 Å². The van der Waals surface area contributed by atoms with E-state index in [4.69, 9.17) is 9.47 Å². The zero-order chi connectivity index (χ0) is 33.2. The van der Waals surface area contributed by atoms with Gasteiger partial charge in [0.1, 0.15) is 19.3 Å². The molecule has 0 bridgehead atoms. The van der Waals surface area contributed by atoms with Crippen LogP contribution >= 0.6 is 0 Å². The lowest BCUT2D eigenvalue weighted by molar-refractivity contribution is -0.152. The molecular weight excluding hydrogens is 560 g/mol. The second-order valence-corrected chi connectivity index (χ2v) is 14.7. The molecule has 0 heterocycles. The highest BCUT2D eigenvalue weighted by molar-refractivity contribution is 5.69. The van der Waals surface area contributed by atoms with Crippen molar-refractivity contribution >= 4 is 11.9 Å². The minimum atomic E-state index is -0.956. The monoisotopic (exact) mass is 639 g/mol. The highest BCUT2D eigenvalue weighted by atomic mass is 16.6. The Hall–Kier alpha value is -1.10. The Morgan fingerprint density at radius 3 is 0.867 bits per heavy atom. The number of ether oxygens (including phenoxy) is 2. The Morgan fingerprint density at radius 1 is 0.400 bits per heavy atom. The maximum absolute atomic E-state index is 12.0. The molecule has 5 nitrogen and oxygen atoms in total. The number of hydrogen-bond donors (Lipinski definition) is 1. The number of carbonyl (C=O) groups is 2. The molecule has 0 radical (unpaired) electrons. The van der Waals surface area contributed by atoms with E-state index in [1.165, 1.54) is 148 Å². The number of esters is 2. The quantitative estimate of drug-likeness (QED) is 0.0552. The van der Waals surface area contributed by atoms with Gasteiger partial charge in [0.2, 0.25) is 0 Å². The summed E-state index contributed by atoms with van der Waals surface area (Å²) in [6.07, 6.45) is 34.4. The van der Waals surface area contributed by atoms with Crippen molar-refractivity contribution in [2.24, 2.45) is 11.8 Å². The standard InChI is InChI=1S/C40H78O5/c1-36(2)30-26-22-18-14-10-6-5-7-12-16-20-24-28-32-39(42)44-34-38(41)35-45-40(43)33-29-25-21-17-13-9-8-11-15-19-23-27-31-37(3)4/h36-38,41H,5-35H2,1-4H3/t38-/m0/s1. The van der Waals surface area contributed by atoms with Crippen LogP contribution < -0.4 is 0 Å². The lowest BCUT2D eigenvalue weighted by atomic mass is 10.0. The van der Waals surface area contributed by atoms with Crippen LogP contribution in [0.3, 0.4) is 0 Å². The average Bonchev–Trinajstić information content (AvgIpc) is 3.00. The van der Waals surface area contributed by atoms with E-state index in [0.717, 1.165) is 37.5 Å². The topological polar surface area (TPSA) is 72.8 Å². The first-order valence-corrected chi connectivity index (χ1v) is 19.8. The van der Waals surface area contributed by atoms with Gasteiger partial charge in [-0.3, -0.25) is 9.59 Å². The summed E-state index contributed by atoms with van der Waals surface area (Å²) in [6.45, 7) is 9.02. The molecule has 1 N–H and O–H groups in total. The van der Waals surface area contributed by atoms with Gasteiger partial charge in [0.25, 0.3) is 0 Å². The van der Waals surface area contributed by atoms with Crippen LogP contribution in [0.1, 0.15) is 214 Å². The van der Waals surface area contributed by atoms with E-state index in [-0.39, 0.29) is 25.2 Å². The van der Waals surface area contributed by atoms with E-state index >= 15 is 0 Å². The third kappa shape index (κ3) is 37.2. The second-order valence-electron chi connectivity index (χ2n) is 14.7. The molecule has 0 unspecified atom stereocenters. The molecule has 0 aliphatic heterocycles. The SMILES string of the molecule is CC(C)CCCCCCCCCCCCCCCC(=O)OC[C@H](O)COC(=O)CCCCCCCCCCCCCCC(C)C. The van der Waals surface area contributed by atoms with Crippen molar-refractivity contribution in [2.45, 2.75) is 220 Å². The van der Waals surface area contributed by atoms with Crippen LogP contribution in [-0.2, 0) is 19.1 Å². The molecule has 0 aromatic heterocycles. The largest absolute Gasteiger partial charge is 0.463 e. The van der Waals surface area contributed by atoms with Crippen molar-refractivity contribution in [1.29, 1.82) is 0 Å². The summed E-state index contributed by atoms with van der Waals surface area (Å²) in [6, 6.07) is 0. The summed E-state index contributed by atoms with van der Waals surface area (Å²) in [7, 11) is 0. The molecule has 0 rings (SSSR count). The second kappa shape index (κ2) is 34.2. The van der Waals surface area contributed by atoms with Crippen molar-refractivity contribution < 1.29 is 24.2 Å². The van der Waals surface area contributed by atoms with E-state index in [2.05, 4.69) is 27.7 Å². The third-order valence-electron chi connectivity index (χ3n) is 8.95. The van der Waals surface area contributed by atoms with Gasteiger partial charge in [-0.1, -0.05) is 188 Å². The fourth-order valence-electron chi connectivity index (χ4n) is 5.93. The fourth-order valence-corrected chi connectivity index (χ4v) is 5.93. The fraction of sp³-hybridized carbons (Fsp3) is 0.950. The van der Waals surface area contributed by atoms with Crippen LogP contribution in [0.4, 0.5) is 0 Å². The molecule has 0 saturated heterocycles. The van der Waals surface area contributed by atoms with Gasteiger partial charge in [-0.05, 0) is 24.7 Å². The molecule has 0 aliphatic carbocycles. The van der Waals surface area contributed by atoms with Gasteiger partial charge in [0, 0.05) is 12.8 Å². The average molecular weight is 639 g/mol. The molecule has 0 aliphatic rings. The van der Waals surface area contributed by atoms with Crippen molar-refractivity contribution in [3.63, 3.8) is 0 Å². The minimum Gasteiger partial charge on any atom is -0.463 e. The number of carbonyl (C=O) groups excluding carboxylic acids is 2. The predicted octanol–water partition coefficient (Wildman–Crippen LogP) is 12.1. The maximum atomic E-state index is 12.0. The lowest BCUT2D eigenvalue weighted by Crippen LogP contribution is -2.25. The van der Waals surface area contributed by atoms with Crippen LogP contribution in [0.25, 0.3) is 0 Å². The summed E-state index contributed by atoms with van der Waals surface area (Å²) in [5.41, 5.74) is 0. The van der Waals surface area contributed by atoms with Gasteiger partial charge < -0.3 is 14.6 Å². The van der Waals surface area contributed by atoms with Crippen LogP contribution in [0.15, 0.2) is 0 Å². The van der Waals surface area contributed by atoms with Crippen LogP contribution in [0, 0.1) is 11.8 Å². The van der Waals surface area contributed by atoms with E-state index in [9.17, 15) is 14.7 Å². The molecule has 268 valence electrons. The van der Waals surface area contributed by atoms with Crippen molar-refractivity contribution in [1.82, 2.24) is 0 Å². The lowest BCUT2D eigenvalue weighted by Gasteiger charge is -2.12. The number of rotatable bonds is 35. The molecule has 0 amide bonds. The summed E-state index contributed by atoms with van der Waals surface area (Å²) in [4.78, 5) is 23.9. The molecule has 45 heavy (non-hydrogen) atoms. The summed E-state index contributed by atoms with van der Waals surface area (Å²) >= 11 is 0. The molecule has 0 saturated carbocycles. The minimum absolute atomic E-state index is 0.109. The summed E-state index contributed by atoms with van der Waals surface area (Å²) in [5.74, 6) is 1.14. The molecule has 1 atom stereocenters. The molecule has 0 fully saturated rings. The van der Waals surface area contributed by atoms with Crippen molar-refractivity contribution in [3.05, 3.63) is 0 Å². The normalized spacial score (nSPS) is 12.2. The maximum Gasteiger partial charge on any atom is 0.305 e. The number of unbranched alkanes of at least 4 members (excludes halogenated alkanes) is 23. The first kappa shape index (κ1) is 43.9. The van der Waals surface area contributed by atoms with Crippen molar-refractivity contribution in [3.8, 4) is 0 Å². The highest BCUT2D eigenvalue weighted by Gasteiger charge is 2.12. The van der Waals surface area contributed by atoms with Crippen molar-refractivity contribution in [2.75, 3.05) is 13.2 Å². The first-order valence-electron chi connectivity index (χ1n) is 19.8. The summed E-state index contributed by atoms with van der Waals surface area (Å²) < 4.78 is 10.3. The Bertz CT molecular complexity index is 632. The zero-order valence-corrected chi connectivity index (χ0v) is 30.7. The van der Waals surface area contributed by atoms with E-state index in [1.54, 1.807) is 0 Å². The molecule has 0 spiro atoms. The number of aliphatic hydroxyl groups is 1. The molecular formula is C40H78O5. The first-order chi connectivity index (χ1) is 21.8. The molecule has 0 aromatic carbocycles. The van der Waals surface area contributed by atoms with Gasteiger partial charge in [0.05, 0.1) is 0 Å². The Kier molecular flexibility index (Phi) is 33.4. The molecule has 5 heteroatoms. The predicted molar refractivity (Wildman–Crippen MR) is 191 cm³/mol.